The summed E-state index contributed by atoms with van der Waals surface area (Å²) in [5.41, 5.74) is -0.105. The van der Waals surface area contributed by atoms with Gasteiger partial charge in [0.25, 0.3) is 0 Å². The van der Waals surface area contributed by atoms with Gasteiger partial charge in [0.15, 0.2) is 0 Å². The first-order valence-corrected chi connectivity index (χ1v) is 5.42. The Hall–Kier alpha value is 0.930. The molecular formula is C6H11I2NO. The van der Waals surface area contributed by atoms with Crippen LogP contribution in [-0.2, 0) is 4.79 Å². The van der Waals surface area contributed by atoms with Crippen molar-refractivity contribution >= 4 is 51.1 Å². The molecule has 2 nitrogen and oxygen atoms in total. The summed E-state index contributed by atoms with van der Waals surface area (Å²) in [5, 5.41) is 2.86. The third-order valence-electron chi connectivity index (χ3n) is 0.696. The van der Waals surface area contributed by atoms with Crippen molar-refractivity contribution in [2.75, 3.05) is 0 Å². The molecular weight excluding hydrogens is 356 g/mol. The topological polar surface area (TPSA) is 29.1 Å². The average molecular weight is 367 g/mol. The largest absolute Gasteiger partial charge is 0.350 e. The minimum atomic E-state index is -0.105. The minimum absolute atomic E-state index is 0.0226. The van der Waals surface area contributed by atoms with Gasteiger partial charge in [-0.15, -0.1) is 0 Å². The lowest BCUT2D eigenvalue weighted by molar-refractivity contribution is -0.120. The average Bonchev–Trinajstić information content (AvgIpc) is 1.60. The van der Waals surface area contributed by atoms with Crippen LogP contribution in [0.1, 0.15) is 20.8 Å². The third kappa shape index (κ3) is 5.70. The van der Waals surface area contributed by atoms with E-state index < -0.39 is 0 Å². The van der Waals surface area contributed by atoms with E-state index in [0.29, 0.717) is 0 Å². The number of carbonyl (C=O) groups excluding carboxylic acids is 1. The fourth-order valence-electron chi connectivity index (χ4n) is 0.424. The van der Waals surface area contributed by atoms with Gasteiger partial charge in [0, 0.05) is 5.54 Å². The van der Waals surface area contributed by atoms with Gasteiger partial charge < -0.3 is 5.32 Å². The molecule has 0 atom stereocenters. The Kier molecular flexibility index (Phi) is 4.46. The highest BCUT2D eigenvalue weighted by Crippen LogP contribution is 2.11. The summed E-state index contributed by atoms with van der Waals surface area (Å²) in [6, 6.07) is 0. The van der Waals surface area contributed by atoms with Crippen LogP contribution in [0.25, 0.3) is 0 Å². The first-order chi connectivity index (χ1) is 4.33. The molecule has 0 aromatic carbocycles. The number of hydrogen-bond acceptors (Lipinski definition) is 1. The molecule has 60 valence electrons. The summed E-state index contributed by atoms with van der Waals surface area (Å²) in [6.07, 6.45) is 0. The fourth-order valence-corrected chi connectivity index (χ4v) is 0.736. The van der Waals surface area contributed by atoms with Crippen LogP contribution in [0.3, 0.4) is 0 Å². The van der Waals surface area contributed by atoms with Crippen molar-refractivity contribution in [1.29, 1.82) is 0 Å². The van der Waals surface area contributed by atoms with Crippen LogP contribution in [0.5, 0.6) is 0 Å². The van der Waals surface area contributed by atoms with Gasteiger partial charge >= 0.3 is 0 Å². The molecule has 0 aliphatic carbocycles. The lowest BCUT2D eigenvalue weighted by Crippen LogP contribution is -2.42. The quantitative estimate of drug-likeness (QED) is 0.559. The van der Waals surface area contributed by atoms with Gasteiger partial charge in [0.1, 0.15) is 1.93 Å². The van der Waals surface area contributed by atoms with Crippen molar-refractivity contribution in [3.05, 3.63) is 0 Å². The van der Waals surface area contributed by atoms with E-state index in [1.165, 1.54) is 0 Å². The number of halogens is 2. The molecule has 0 radical (unpaired) electrons. The zero-order chi connectivity index (χ0) is 8.36. The van der Waals surface area contributed by atoms with Crippen molar-refractivity contribution in [3.63, 3.8) is 0 Å². The molecule has 10 heavy (non-hydrogen) atoms. The van der Waals surface area contributed by atoms with Crippen LogP contribution in [0.15, 0.2) is 0 Å². The fraction of sp³-hybridized carbons (Fsp3) is 0.833. The highest BCUT2D eigenvalue weighted by atomic mass is 127. The summed E-state index contributed by atoms with van der Waals surface area (Å²) in [4.78, 5) is 11.0. The SMILES string of the molecule is CC(C)(C)NC(=O)C(I)I. The van der Waals surface area contributed by atoms with E-state index >= 15 is 0 Å². The van der Waals surface area contributed by atoms with E-state index in [-0.39, 0.29) is 13.4 Å². The summed E-state index contributed by atoms with van der Waals surface area (Å²) in [5.74, 6) is 0.0914. The lowest BCUT2D eigenvalue weighted by Gasteiger charge is -2.20. The molecule has 0 bridgehead atoms. The van der Waals surface area contributed by atoms with Crippen LogP contribution >= 0.6 is 45.2 Å². The lowest BCUT2D eigenvalue weighted by atomic mass is 10.1. The molecule has 0 fully saturated rings. The molecule has 0 heterocycles. The Bertz CT molecular complexity index is 128. The number of alkyl halides is 2. The molecule has 0 rings (SSSR count). The molecule has 0 saturated heterocycles. The van der Waals surface area contributed by atoms with Gasteiger partial charge in [-0.3, -0.25) is 4.79 Å². The normalized spacial score (nSPS) is 11.8. The number of carbonyl (C=O) groups is 1. The minimum Gasteiger partial charge on any atom is -0.350 e. The number of nitrogens with one attached hydrogen (secondary N) is 1. The van der Waals surface area contributed by atoms with E-state index in [2.05, 4.69) is 50.5 Å². The molecule has 0 aliphatic heterocycles. The van der Waals surface area contributed by atoms with Crippen LogP contribution in [0.2, 0.25) is 0 Å². The van der Waals surface area contributed by atoms with Gasteiger partial charge in [-0.2, -0.15) is 0 Å². The summed E-state index contributed by atoms with van der Waals surface area (Å²) in [7, 11) is 0. The molecule has 0 unspecified atom stereocenters. The van der Waals surface area contributed by atoms with E-state index in [0.717, 1.165) is 0 Å². The van der Waals surface area contributed by atoms with Crippen LogP contribution < -0.4 is 5.32 Å². The zero-order valence-electron chi connectivity index (χ0n) is 6.24. The molecule has 0 aliphatic rings. The van der Waals surface area contributed by atoms with E-state index in [1.807, 2.05) is 20.8 Å². The second kappa shape index (κ2) is 4.08. The Balaban J connectivity index is 3.81. The van der Waals surface area contributed by atoms with Crippen LogP contribution in [0.4, 0.5) is 0 Å². The smallest absolute Gasteiger partial charge is 0.243 e. The van der Waals surface area contributed by atoms with Crippen molar-refractivity contribution in [1.82, 2.24) is 5.32 Å². The van der Waals surface area contributed by atoms with Crippen molar-refractivity contribution in [3.8, 4) is 0 Å². The maximum atomic E-state index is 11.0. The molecule has 1 N–H and O–H groups in total. The third-order valence-corrected chi connectivity index (χ3v) is 1.83. The Morgan fingerprint density at radius 3 is 1.90 bits per heavy atom. The Morgan fingerprint density at radius 1 is 1.40 bits per heavy atom. The van der Waals surface area contributed by atoms with Gasteiger partial charge in [-0.05, 0) is 20.8 Å². The number of hydrogen-bond donors (Lipinski definition) is 1. The molecule has 4 heteroatoms. The standard InChI is InChI=1S/C6H11I2NO/c1-6(2,3)9-5(10)4(7)8/h4H,1-3H3,(H,9,10). The highest BCUT2D eigenvalue weighted by Gasteiger charge is 2.17. The summed E-state index contributed by atoms with van der Waals surface area (Å²) in [6.45, 7) is 5.92. The first-order valence-electron chi connectivity index (χ1n) is 2.93. The van der Waals surface area contributed by atoms with Gasteiger partial charge in [-0.1, -0.05) is 45.2 Å². The monoisotopic (exact) mass is 367 g/mol. The predicted molar refractivity (Wildman–Crippen MR) is 59.7 cm³/mol. The molecule has 0 aromatic rings. The Morgan fingerprint density at radius 2 is 1.80 bits per heavy atom. The molecule has 0 aromatic heterocycles. The Labute approximate surface area is 88.8 Å². The predicted octanol–water partition coefficient (Wildman–Crippen LogP) is 2.10. The molecule has 0 spiro atoms. The second-order valence-electron chi connectivity index (χ2n) is 3.04. The number of rotatable bonds is 1. The van der Waals surface area contributed by atoms with E-state index in [9.17, 15) is 4.79 Å². The maximum absolute atomic E-state index is 11.0. The summed E-state index contributed by atoms with van der Waals surface area (Å²) < 4.78 is 0.0226. The highest BCUT2D eigenvalue weighted by molar-refractivity contribution is 14.2. The molecule has 0 saturated carbocycles. The van der Waals surface area contributed by atoms with Crippen molar-refractivity contribution in [2.24, 2.45) is 0 Å². The van der Waals surface area contributed by atoms with Crippen LogP contribution in [0, 0.1) is 0 Å². The van der Waals surface area contributed by atoms with Gasteiger partial charge in [0.05, 0.1) is 0 Å². The molecule has 1 amide bonds. The second-order valence-corrected chi connectivity index (χ2v) is 7.91. The van der Waals surface area contributed by atoms with Gasteiger partial charge in [-0.25, -0.2) is 0 Å². The first kappa shape index (κ1) is 10.9. The van der Waals surface area contributed by atoms with E-state index in [1.54, 1.807) is 0 Å². The summed E-state index contributed by atoms with van der Waals surface area (Å²) >= 11 is 4.17. The van der Waals surface area contributed by atoms with E-state index in [4.69, 9.17) is 0 Å². The van der Waals surface area contributed by atoms with Crippen molar-refractivity contribution < 1.29 is 4.79 Å². The van der Waals surface area contributed by atoms with Crippen molar-refractivity contribution in [2.45, 2.75) is 28.2 Å². The number of amides is 1. The van der Waals surface area contributed by atoms with Gasteiger partial charge in [0.2, 0.25) is 5.91 Å². The maximum Gasteiger partial charge on any atom is 0.243 e. The zero-order valence-corrected chi connectivity index (χ0v) is 10.6. The van der Waals surface area contributed by atoms with Crippen LogP contribution in [-0.4, -0.2) is 13.4 Å².